The summed E-state index contributed by atoms with van der Waals surface area (Å²) in [5, 5.41) is 0. The molecule has 0 aliphatic rings. The molecule has 0 spiro atoms. The highest BCUT2D eigenvalue weighted by Gasteiger charge is 2.13. The lowest BCUT2D eigenvalue weighted by atomic mass is 10.1. The van der Waals surface area contributed by atoms with Crippen LogP contribution in [0.2, 0.25) is 0 Å². The molecule has 0 aromatic heterocycles. The fourth-order valence-electron chi connectivity index (χ4n) is 1.73. The highest BCUT2D eigenvalue weighted by molar-refractivity contribution is 5.94. The van der Waals surface area contributed by atoms with Crippen molar-refractivity contribution in [3.05, 3.63) is 35.4 Å². The third-order valence-electron chi connectivity index (χ3n) is 3.26. The Balaban J connectivity index is 2.64. The van der Waals surface area contributed by atoms with E-state index in [0.29, 0.717) is 0 Å². The van der Waals surface area contributed by atoms with E-state index in [1.807, 2.05) is 43.0 Å². The summed E-state index contributed by atoms with van der Waals surface area (Å²) in [7, 11) is 2.07. The Morgan fingerprint density at radius 1 is 1.06 bits per heavy atom. The monoisotopic (exact) mass is 248 g/mol. The smallest absolute Gasteiger partial charge is 0.253 e. The standard InChI is InChI=1S/C15H24N2O/c1-5-16(4)11-12-17(6-2)15(18)14-9-7-13(3)8-10-14/h7-10H,5-6,11-12H2,1-4H3. The van der Waals surface area contributed by atoms with Gasteiger partial charge in [0.1, 0.15) is 0 Å². The summed E-state index contributed by atoms with van der Waals surface area (Å²) in [4.78, 5) is 16.4. The van der Waals surface area contributed by atoms with Crippen LogP contribution in [0.3, 0.4) is 0 Å². The molecule has 1 aromatic carbocycles. The molecule has 0 saturated heterocycles. The van der Waals surface area contributed by atoms with Gasteiger partial charge in [-0.3, -0.25) is 4.79 Å². The van der Waals surface area contributed by atoms with Crippen LogP contribution in [0.5, 0.6) is 0 Å². The quantitative estimate of drug-likeness (QED) is 0.772. The minimum absolute atomic E-state index is 0.127. The van der Waals surface area contributed by atoms with E-state index in [1.54, 1.807) is 0 Å². The van der Waals surface area contributed by atoms with Crippen molar-refractivity contribution in [1.29, 1.82) is 0 Å². The van der Waals surface area contributed by atoms with Crippen molar-refractivity contribution < 1.29 is 4.79 Å². The molecule has 3 heteroatoms. The van der Waals surface area contributed by atoms with Crippen molar-refractivity contribution in [1.82, 2.24) is 9.80 Å². The number of likely N-dealkylation sites (N-methyl/N-ethyl adjacent to an activating group) is 2. The van der Waals surface area contributed by atoms with Crippen LogP contribution in [0.4, 0.5) is 0 Å². The molecule has 0 aliphatic heterocycles. The molecule has 0 unspecified atom stereocenters. The van der Waals surface area contributed by atoms with Gasteiger partial charge in [0.05, 0.1) is 0 Å². The molecule has 0 fully saturated rings. The van der Waals surface area contributed by atoms with E-state index in [1.165, 1.54) is 5.56 Å². The van der Waals surface area contributed by atoms with Gasteiger partial charge in [-0.05, 0) is 39.6 Å². The highest BCUT2D eigenvalue weighted by atomic mass is 16.2. The fraction of sp³-hybridized carbons (Fsp3) is 0.533. The van der Waals surface area contributed by atoms with Gasteiger partial charge >= 0.3 is 0 Å². The zero-order chi connectivity index (χ0) is 13.5. The number of carbonyl (C=O) groups excluding carboxylic acids is 1. The summed E-state index contributed by atoms with van der Waals surface area (Å²) in [6, 6.07) is 7.78. The molecule has 18 heavy (non-hydrogen) atoms. The number of amides is 1. The lowest BCUT2D eigenvalue weighted by molar-refractivity contribution is 0.0751. The largest absolute Gasteiger partial charge is 0.338 e. The average Bonchev–Trinajstić information content (AvgIpc) is 2.39. The number of nitrogens with zero attached hydrogens (tertiary/aromatic N) is 2. The number of hydrogen-bond acceptors (Lipinski definition) is 2. The van der Waals surface area contributed by atoms with E-state index in [4.69, 9.17) is 0 Å². The van der Waals surface area contributed by atoms with E-state index in [2.05, 4.69) is 18.9 Å². The Labute approximate surface area is 110 Å². The summed E-state index contributed by atoms with van der Waals surface area (Å²) in [6.07, 6.45) is 0. The first-order chi connectivity index (χ1) is 8.58. The van der Waals surface area contributed by atoms with Gasteiger partial charge in [-0.25, -0.2) is 0 Å². The van der Waals surface area contributed by atoms with Crippen molar-refractivity contribution in [2.75, 3.05) is 33.2 Å². The molecule has 3 nitrogen and oxygen atoms in total. The van der Waals surface area contributed by atoms with Gasteiger partial charge in [0.25, 0.3) is 5.91 Å². The van der Waals surface area contributed by atoms with Crippen LogP contribution in [0.25, 0.3) is 0 Å². The second kappa shape index (κ2) is 7.17. The summed E-state index contributed by atoms with van der Waals surface area (Å²) in [5.74, 6) is 0.127. The number of hydrogen-bond donors (Lipinski definition) is 0. The van der Waals surface area contributed by atoms with Crippen molar-refractivity contribution in [2.45, 2.75) is 20.8 Å². The van der Waals surface area contributed by atoms with E-state index in [-0.39, 0.29) is 5.91 Å². The van der Waals surface area contributed by atoms with E-state index in [0.717, 1.165) is 31.7 Å². The minimum Gasteiger partial charge on any atom is -0.338 e. The predicted octanol–water partition coefficient (Wildman–Crippen LogP) is 2.41. The van der Waals surface area contributed by atoms with E-state index >= 15 is 0 Å². The minimum atomic E-state index is 0.127. The topological polar surface area (TPSA) is 23.6 Å². The maximum Gasteiger partial charge on any atom is 0.253 e. The summed E-state index contributed by atoms with van der Waals surface area (Å²) < 4.78 is 0. The molecule has 0 N–H and O–H groups in total. The molecular formula is C15H24N2O. The molecule has 1 aromatic rings. The van der Waals surface area contributed by atoms with Gasteiger partial charge in [0, 0.05) is 25.2 Å². The van der Waals surface area contributed by atoms with Crippen LogP contribution in [-0.2, 0) is 0 Å². The average molecular weight is 248 g/mol. The Morgan fingerprint density at radius 2 is 1.67 bits per heavy atom. The summed E-state index contributed by atoms with van der Waals surface area (Å²) in [5.41, 5.74) is 1.96. The van der Waals surface area contributed by atoms with Crippen LogP contribution >= 0.6 is 0 Å². The first-order valence-corrected chi connectivity index (χ1v) is 6.63. The molecule has 1 amide bonds. The SMILES string of the molecule is CCN(C)CCN(CC)C(=O)c1ccc(C)cc1. The van der Waals surface area contributed by atoms with Crippen LogP contribution in [0, 0.1) is 6.92 Å². The fourth-order valence-corrected chi connectivity index (χ4v) is 1.73. The maximum atomic E-state index is 12.3. The lowest BCUT2D eigenvalue weighted by Gasteiger charge is -2.24. The zero-order valence-corrected chi connectivity index (χ0v) is 11.9. The van der Waals surface area contributed by atoms with Crippen molar-refractivity contribution >= 4 is 5.91 Å². The number of carbonyl (C=O) groups is 1. The zero-order valence-electron chi connectivity index (χ0n) is 11.9. The molecule has 0 aliphatic carbocycles. The predicted molar refractivity (Wildman–Crippen MR) is 75.9 cm³/mol. The molecule has 1 rings (SSSR count). The first kappa shape index (κ1) is 14.7. The molecule has 0 atom stereocenters. The Morgan fingerprint density at radius 3 is 2.17 bits per heavy atom. The van der Waals surface area contributed by atoms with Gasteiger partial charge in [0.2, 0.25) is 0 Å². The third-order valence-corrected chi connectivity index (χ3v) is 3.26. The van der Waals surface area contributed by atoms with Crippen LogP contribution < -0.4 is 0 Å². The first-order valence-electron chi connectivity index (χ1n) is 6.63. The molecule has 0 bridgehead atoms. The van der Waals surface area contributed by atoms with Gasteiger partial charge in [-0.1, -0.05) is 24.6 Å². The second-order valence-corrected chi connectivity index (χ2v) is 4.65. The summed E-state index contributed by atoms with van der Waals surface area (Å²) >= 11 is 0. The normalized spacial score (nSPS) is 10.7. The van der Waals surface area contributed by atoms with Gasteiger partial charge in [0.15, 0.2) is 0 Å². The van der Waals surface area contributed by atoms with Crippen molar-refractivity contribution in [3.63, 3.8) is 0 Å². The molecule has 0 heterocycles. The Kier molecular flexibility index (Phi) is 5.86. The van der Waals surface area contributed by atoms with Gasteiger partial charge in [-0.2, -0.15) is 0 Å². The number of rotatable bonds is 6. The Hall–Kier alpha value is -1.35. The Bertz CT molecular complexity index is 373. The molecular weight excluding hydrogens is 224 g/mol. The lowest BCUT2D eigenvalue weighted by Crippen LogP contribution is -2.37. The van der Waals surface area contributed by atoms with E-state index < -0.39 is 0 Å². The van der Waals surface area contributed by atoms with E-state index in [9.17, 15) is 4.79 Å². The van der Waals surface area contributed by atoms with Crippen LogP contribution in [0.1, 0.15) is 29.8 Å². The number of aryl methyl sites for hydroxylation is 1. The van der Waals surface area contributed by atoms with Crippen LogP contribution in [0.15, 0.2) is 24.3 Å². The molecule has 0 saturated carbocycles. The summed E-state index contributed by atoms with van der Waals surface area (Å²) in [6.45, 7) is 9.65. The van der Waals surface area contributed by atoms with Gasteiger partial charge < -0.3 is 9.80 Å². The maximum absolute atomic E-state index is 12.3. The van der Waals surface area contributed by atoms with Crippen LogP contribution in [-0.4, -0.2) is 48.9 Å². The highest BCUT2D eigenvalue weighted by Crippen LogP contribution is 2.07. The second-order valence-electron chi connectivity index (χ2n) is 4.65. The van der Waals surface area contributed by atoms with Gasteiger partial charge in [-0.15, -0.1) is 0 Å². The van der Waals surface area contributed by atoms with Crippen molar-refractivity contribution in [3.8, 4) is 0 Å². The molecule has 100 valence electrons. The van der Waals surface area contributed by atoms with Crippen molar-refractivity contribution in [2.24, 2.45) is 0 Å². The third kappa shape index (κ3) is 4.15. The number of benzene rings is 1. The molecule has 0 radical (unpaired) electrons.